The van der Waals surface area contributed by atoms with E-state index >= 15 is 0 Å². The molecule has 0 aromatic rings. The molecule has 0 aliphatic heterocycles. The molecule has 0 aromatic heterocycles. The number of rotatable bonds is 64. The van der Waals surface area contributed by atoms with Gasteiger partial charge in [0.25, 0.3) is 0 Å². The first-order chi connectivity index (χ1) is 38.0. The van der Waals surface area contributed by atoms with Crippen LogP contribution >= 0.6 is 0 Å². The summed E-state index contributed by atoms with van der Waals surface area (Å²) in [6.07, 6.45) is 81.8. The number of carbonyl (C=O) groups excluding carboxylic acids is 3. The molecule has 6 heteroatoms. The third-order valence-corrected chi connectivity index (χ3v) is 15.6. The first-order valence-corrected chi connectivity index (χ1v) is 34.5. The van der Waals surface area contributed by atoms with Gasteiger partial charge in [0.15, 0.2) is 6.10 Å². The monoisotopic (exact) mass is 1080 g/mol. The zero-order valence-corrected chi connectivity index (χ0v) is 52.0. The molecular weight excluding hydrogens is 949 g/mol. The summed E-state index contributed by atoms with van der Waals surface area (Å²) in [6, 6.07) is 0. The lowest BCUT2D eigenvalue weighted by Crippen LogP contribution is -2.30. The molecule has 1 unspecified atom stereocenters. The van der Waals surface area contributed by atoms with Crippen LogP contribution in [0.2, 0.25) is 0 Å². The second-order valence-electron chi connectivity index (χ2n) is 23.4. The van der Waals surface area contributed by atoms with Crippen molar-refractivity contribution in [2.45, 2.75) is 386 Å². The average molecular weight is 1080 g/mol. The van der Waals surface area contributed by atoms with Crippen molar-refractivity contribution >= 4 is 17.9 Å². The molecule has 0 amide bonds. The third-order valence-electron chi connectivity index (χ3n) is 15.6. The van der Waals surface area contributed by atoms with E-state index in [0.717, 1.165) is 70.6 Å². The van der Waals surface area contributed by atoms with E-state index in [1.54, 1.807) is 0 Å². The number of unbranched alkanes of at least 4 members (excludes halogenated alkanes) is 47. The maximum atomic E-state index is 12.9. The molecule has 0 fully saturated rings. The summed E-state index contributed by atoms with van der Waals surface area (Å²) < 4.78 is 16.9. The Morgan fingerprint density at radius 3 is 0.753 bits per heavy atom. The Labute approximate surface area is 480 Å². The van der Waals surface area contributed by atoms with Crippen molar-refractivity contribution in [3.05, 3.63) is 36.5 Å². The molecule has 0 aliphatic carbocycles. The largest absolute Gasteiger partial charge is 0.462 e. The molecule has 0 saturated heterocycles. The van der Waals surface area contributed by atoms with Gasteiger partial charge in [0.1, 0.15) is 13.2 Å². The summed E-state index contributed by atoms with van der Waals surface area (Å²) >= 11 is 0. The highest BCUT2D eigenvalue weighted by Crippen LogP contribution is 2.18. The Morgan fingerprint density at radius 2 is 0.468 bits per heavy atom. The molecule has 0 rings (SSSR count). The van der Waals surface area contributed by atoms with Crippen LogP contribution in [-0.2, 0) is 28.6 Å². The van der Waals surface area contributed by atoms with Gasteiger partial charge >= 0.3 is 17.9 Å². The number of ether oxygens (including phenoxy) is 3. The fourth-order valence-electron chi connectivity index (χ4n) is 10.4. The van der Waals surface area contributed by atoms with Crippen LogP contribution in [0.25, 0.3) is 0 Å². The van der Waals surface area contributed by atoms with Gasteiger partial charge in [-0.15, -0.1) is 0 Å². The maximum absolute atomic E-state index is 12.9. The van der Waals surface area contributed by atoms with E-state index in [4.69, 9.17) is 14.2 Å². The Kier molecular flexibility index (Phi) is 64.1. The lowest BCUT2D eigenvalue weighted by Gasteiger charge is -2.18. The summed E-state index contributed by atoms with van der Waals surface area (Å²) in [6.45, 7) is 6.66. The molecule has 0 bridgehead atoms. The predicted octanol–water partition coefficient (Wildman–Crippen LogP) is 23.6. The van der Waals surface area contributed by atoms with Crippen molar-refractivity contribution in [3.63, 3.8) is 0 Å². The fourth-order valence-corrected chi connectivity index (χ4v) is 10.4. The molecule has 6 nitrogen and oxygen atoms in total. The van der Waals surface area contributed by atoms with Crippen LogP contribution in [0.3, 0.4) is 0 Å². The van der Waals surface area contributed by atoms with E-state index in [1.165, 1.54) is 270 Å². The van der Waals surface area contributed by atoms with Gasteiger partial charge in [0.05, 0.1) is 0 Å². The summed E-state index contributed by atoms with van der Waals surface area (Å²) in [5.74, 6) is -0.854. The molecule has 0 aliphatic rings. The van der Waals surface area contributed by atoms with Crippen molar-refractivity contribution in [1.82, 2.24) is 0 Å². The highest BCUT2D eigenvalue weighted by Gasteiger charge is 2.19. The van der Waals surface area contributed by atoms with Gasteiger partial charge in [-0.1, -0.05) is 320 Å². The quantitative estimate of drug-likeness (QED) is 0.0261. The standard InChI is InChI=1S/C71H132O6/c1-4-7-10-13-16-19-22-24-26-28-29-30-31-32-33-34-35-36-37-38-39-40-41-43-44-46-49-52-55-58-61-64-70(73)76-67-68(66-75-69(72)63-60-57-54-51-48-21-18-15-12-9-6-3)77-71(74)65-62-59-56-53-50-47-45-42-27-25-23-20-17-14-11-8-5-2/h17,20,25,27-29,68H,4-16,18-19,21-24,26,30-67H2,1-3H3/b20-17-,27-25-,29-28-. The minimum absolute atomic E-state index is 0.0701. The summed E-state index contributed by atoms with van der Waals surface area (Å²) in [4.78, 5) is 38.3. The van der Waals surface area contributed by atoms with Gasteiger partial charge in [-0.25, -0.2) is 0 Å². The van der Waals surface area contributed by atoms with Crippen LogP contribution in [0.15, 0.2) is 36.5 Å². The third kappa shape index (κ3) is 64.3. The number of esters is 3. The van der Waals surface area contributed by atoms with E-state index in [2.05, 4.69) is 57.2 Å². The summed E-state index contributed by atoms with van der Waals surface area (Å²) in [5, 5.41) is 0. The SMILES string of the molecule is CCCCC/C=C\C/C=C\CCCCCCCCCC(=O)OC(COC(=O)CCCCCCCCCCCCC)COC(=O)CCCCCCCCCCCCCCCCCCCCC/C=C\CCCCCCCCCC. The zero-order valence-electron chi connectivity index (χ0n) is 52.0. The molecule has 77 heavy (non-hydrogen) atoms. The lowest BCUT2D eigenvalue weighted by molar-refractivity contribution is -0.167. The number of allylic oxidation sites excluding steroid dienone is 6. The van der Waals surface area contributed by atoms with Crippen LogP contribution in [0.5, 0.6) is 0 Å². The van der Waals surface area contributed by atoms with Crippen molar-refractivity contribution < 1.29 is 28.6 Å². The predicted molar refractivity (Wildman–Crippen MR) is 335 cm³/mol. The van der Waals surface area contributed by atoms with E-state index in [-0.39, 0.29) is 31.1 Å². The van der Waals surface area contributed by atoms with Crippen LogP contribution in [0.1, 0.15) is 380 Å². The maximum Gasteiger partial charge on any atom is 0.306 e. The van der Waals surface area contributed by atoms with E-state index in [1.807, 2.05) is 0 Å². The van der Waals surface area contributed by atoms with E-state index < -0.39 is 6.10 Å². The number of hydrogen-bond acceptors (Lipinski definition) is 6. The Balaban J connectivity index is 4.10. The lowest BCUT2D eigenvalue weighted by atomic mass is 10.0. The molecule has 0 N–H and O–H groups in total. The Bertz CT molecular complexity index is 1290. The first-order valence-electron chi connectivity index (χ1n) is 34.5. The minimum Gasteiger partial charge on any atom is -0.462 e. The number of carbonyl (C=O) groups is 3. The van der Waals surface area contributed by atoms with Gasteiger partial charge in [-0.3, -0.25) is 14.4 Å². The molecular formula is C71H132O6. The fraction of sp³-hybridized carbons (Fsp3) is 0.873. The Hall–Kier alpha value is -2.37. The highest BCUT2D eigenvalue weighted by atomic mass is 16.6. The summed E-state index contributed by atoms with van der Waals surface area (Å²) in [5.41, 5.74) is 0. The van der Waals surface area contributed by atoms with Gasteiger partial charge < -0.3 is 14.2 Å². The van der Waals surface area contributed by atoms with Gasteiger partial charge in [-0.05, 0) is 77.0 Å². The molecule has 0 heterocycles. The average Bonchev–Trinajstić information content (AvgIpc) is 3.43. The zero-order chi connectivity index (χ0) is 55.7. The van der Waals surface area contributed by atoms with Crippen LogP contribution in [-0.4, -0.2) is 37.2 Å². The van der Waals surface area contributed by atoms with E-state index in [9.17, 15) is 14.4 Å². The summed E-state index contributed by atoms with van der Waals surface area (Å²) in [7, 11) is 0. The smallest absolute Gasteiger partial charge is 0.306 e. The first kappa shape index (κ1) is 74.6. The molecule has 452 valence electrons. The topological polar surface area (TPSA) is 78.9 Å². The highest BCUT2D eigenvalue weighted by molar-refractivity contribution is 5.71. The van der Waals surface area contributed by atoms with Crippen LogP contribution < -0.4 is 0 Å². The Morgan fingerprint density at radius 1 is 0.260 bits per heavy atom. The van der Waals surface area contributed by atoms with Crippen molar-refractivity contribution in [1.29, 1.82) is 0 Å². The molecule has 0 spiro atoms. The van der Waals surface area contributed by atoms with Crippen LogP contribution in [0.4, 0.5) is 0 Å². The van der Waals surface area contributed by atoms with Crippen molar-refractivity contribution in [2.75, 3.05) is 13.2 Å². The van der Waals surface area contributed by atoms with Crippen molar-refractivity contribution in [2.24, 2.45) is 0 Å². The second-order valence-corrected chi connectivity index (χ2v) is 23.4. The van der Waals surface area contributed by atoms with Crippen molar-refractivity contribution in [3.8, 4) is 0 Å². The van der Waals surface area contributed by atoms with E-state index in [0.29, 0.717) is 19.3 Å². The van der Waals surface area contributed by atoms with Crippen LogP contribution in [0, 0.1) is 0 Å². The van der Waals surface area contributed by atoms with Gasteiger partial charge in [0, 0.05) is 19.3 Å². The molecule has 1 atom stereocenters. The molecule has 0 aromatic carbocycles. The van der Waals surface area contributed by atoms with Gasteiger partial charge in [0.2, 0.25) is 0 Å². The normalized spacial score (nSPS) is 12.2. The van der Waals surface area contributed by atoms with Gasteiger partial charge in [-0.2, -0.15) is 0 Å². The minimum atomic E-state index is -0.773. The number of hydrogen-bond donors (Lipinski definition) is 0. The molecule has 0 radical (unpaired) electrons. The molecule has 0 saturated carbocycles. The second kappa shape index (κ2) is 66.1.